The molecule has 4 heteroatoms. The van der Waals surface area contributed by atoms with Gasteiger partial charge in [0.2, 0.25) is 0 Å². The Morgan fingerprint density at radius 1 is 1.47 bits per heavy atom. The van der Waals surface area contributed by atoms with Crippen molar-refractivity contribution >= 4 is 28.9 Å². The normalized spacial score (nSPS) is 10.7. The molecule has 0 amide bonds. The third-order valence-corrected chi connectivity index (χ3v) is 3.15. The lowest BCUT2D eigenvalue weighted by molar-refractivity contribution is 0.101. The Labute approximate surface area is 104 Å². The van der Waals surface area contributed by atoms with Crippen molar-refractivity contribution in [1.82, 2.24) is 4.98 Å². The topological polar surface area (TPSA) is 53.1 Å². The Balaban J connectivity index is 2.96. The fourth-order valence-electron chi connectivity index (χ4n) is 1.98. The number of carbonyl (C=O) groups is 1. The summed E-state index contributed by atoms with van der Waals surface area (Å²) in [4.78, 5) is 14.5. The number of nitrogens with one attached hydrogen (secondary N) is 1. The molecule has 0 unspecified atom stereocenters. The number of H-pyrrole nitrogens is 1. The first-order chi connectivity index (χ1) is 8.06. The number of fused-ring (bicyclic) bond motifs is 1. The average molecular weight is 247 g/mol. The summed E-state index contributed by atoms with van der Waals surface area (Å²) in [6.45, 7) is 3.43. The number of ketones is 1. The van der Waals surface area contributed by atoms with Gasteiger partial charge in [0.1, 0.15) is 10.4 Å². The maximum absolute atomic E-state index is 11.4. The van der Waals surface area contributed by atoms with Crippen LogP contribution < -0.4 is 0 Å². The first kappa shape index (κ1) is 11.8. The fraction of sp³-hybridized carbons (Fsp3) is 0.231. The van der Waals surface area contributed by atoms with Gasteiger partial charge in [-0.1, -0.05) is 31.3 Å². The summed E-state index contributed by atoms with van der Waals surface area (Å²) >= 11 is 5.11. The van der Waals surface area contributed by atoms with E-state index in [2.05, 4.69) is 4.98 Å². The largest absolute Gasteiger partial charge is 0.506 e. The molecule has 0 saturated heterocycles. The van der Waals surface area contributed by atoms with Crippen LogP contribution in [0, 0.1) is 4.64 Å². The van der Waals surface area contributed by atoms with Gasteiger partial charge in [-0.15, -0.1) is 0 Å². The predicted molar refractivity (Wildman–Crippen MR) is 70.2 cm³/mol. The van der Waals surface area contributed by atoms with Crippen molar-refractivity contribution in [3.8, 4) is 5.75 Å². The van der Waals surface area contributed by atoms with Gasteiger partial charge in [0.25, 0.3) is 0 Å². The zero-order chi connectivity index (χ0) is 12.6. The van der Waals surface area contributed by atoms with Gasteiger partial charge in [-0.2, -0.15) is 0 Å². The summed E-state index contributed by atoms with van der Waals surface area (Å²) < 4.78 is 0.295. The predicted octanol–water partition coefficient (Wildman–Crippen LogP) is 3.37. The van der Waals surface area contributed by atoms with Gasteiger partial charge in [-0.25, -0.2) is 0 Å². The van der Waals surface area contributed by atoms with Crippen molar-refractivity contribution < 1.29 is 9.90 Å². The molecule has 0 atom stereocenters. The fourth-order valence-corrected chi connectivity index (χ4v) is 2.33. The molecule has 0 aliphatic rings. The van der Waals surface area contributed by atoms with Gasteiger partial charge < -0.3 is 10.1 Å². The number of para-hydroxylation sites is 1. The van der Waals surface area contributed by atoms with E-state index < -0.39 is 0 Å². The molecule has 2 rings (SSSR count). The minimum absolute atomic E-state index is 0.0217. The zero-order valence-corrected chi connectivity index (χ0v) is 10.5. The van der Waals surface area contributed by atoms with Gasteiger partial charge in [-0.05, 0) is 25.0 Å². The van der Waals surface area contributed by atoms with Crippen LogP contribution in [0.15, 0.2) is 18.2 Å². The van der Waals surface area contributed by atoms with Crippen molar-refractivity contribution in [1.29, 1.82) is 0 Å². The molecule has 1 heterocycles. The first-order valence-corrected chi connectivity index (χ1v) is 5.84. The van der Waals surface area contributed by atoms with Crippen LogP contribution in [0.2, 0.25) is 0 Å². The molecule has 3 nitrogen and oxygen atoms in total. The highest BCUT2D eigenvalue weighted by molar-refractivity contribution is 7.71. The Bertz CT molecular complexity index is 658. The third-order valence-electron chi connectivity index (χ3n) is 2.84. The Morgan fingerprint density at radius 3 is 2.76 bits per heavy atom. The van der Waals surface area contributed by atoms with Crippen molar-refractivity contribution in [2.75, 3.05) is 0 Å². The van der Waals surface area contributed by atoms with Crippen molar-refractivity contribution in [2.24, 2.45) is 0 Å². The summed E-state index contributed by atoms with van der Waals surface area (Å²) in [5.74, 6) is -0.251. The number of benzene rings is 1. The molecule has 0 spiro atoms. The monoisotopic (exact) mass is 247 g/mol. The maximum Gasteiger partial charge on any atom is 0.166 e. The lowest BCUT2D eigenvalue weighted by atomic mass is 10.0. The summed E-state index contributed by atoms with van der Waals surface area (Å²) in [7, 11) is 0. The summed E-state index contributed by atoms with van der Waals surface area (Å²) in [5.41, 5.74) is 2.07. The van der Waals surface area contributed by atoms with Crippen LogP contribution in [0.3, 0.4) is 0 Å². The molecule has 2 N–H and O–H groups in total. The number of hydrogen-bond donors (Lipinski definition) is 2. The smallest absolute Gasteiger partial charge is 0.166 e. The number of carbonyl (C=O) groups excluding carboxylic acids is 1. The average Bonchev–Trinajstić information content (AvgIpc) is 2.28. The molecule has 0 saturated carbocycles. The van der Waals surface area contributed by atoms with Crippen LogP contribution in [-0.4, -0.2) is 15.9 Å². The molecule has 0 radical (unpaired) electrons. The quantitative estimate of drug-likeness (QED) is 0.632. The first-order valence-electron chi connectivity index (χ1n) is 5.44. The second kappa shape index (κ2) is 4.30. The van der Waals surface area contributed by atoms with Crippen LogP contribution in [0.5, 0.6) is 5.75 Å². The third kappa shape index (κ3) is 1.85. The van der Waals surface area contributed by atoms with E-state index in [4.69, 9.17) is 12.2 Å². The van der Waals surface area contributed by atoms with E-state index in [0.29, 0.717) is 10.0 Å². The number of aryl methyl sites for hydroxylation is 1. The lowest BCUT2D eigenvalue weighted by Gasteiger charge is -2.09. The molecule has 17 heavy (non-hydrogen) atoms. The minimum atomic E-state index is -0.229. The number of aromatic nitrogens is 1. The van der Waals surface area contributed by atoms with Gasteiger partial charge in [0.15, 0.2) is 5.78 Å². The maximum atomic E-state index is 11.4. The van der Waals surface area contributed by atoms with Crippen molar-refractivity contribution in [3.63, 3.8) is 0 Å². The van der Waals surface area contributed by atoms with E-state index in [1.54, 1.807) is 6.07 Å². The van der Waals surface area contributed by atoms with Crippen LogP contribution in [0.1, 0.15) is 29.8 Å². The Morgan fingerprint density at radius 2 is 2.18 bits per heavy atom. The standard InChI is InChI=1S/C13H13NO2S/c1-3-8-5-4-6-9-11(8)14-13(17)10(7(2)15)12(9)16/h4-6H,3H2,1-2H3,(H2,14,16,17). The van der Waals surface area contributed by atoms with Crippen LogP contribution >= 0.6 is 12.2 Å². The molecule has 2 aromatic rings. The highest BCUT2D eigenvalue weighted by Crippen LogP contribution is 2.30. The zero-order valence-electron chi connectivity index (χ0n) is 9.70. The van der Waals surface area contributed by atoms with Gasteiger partial charge in [0, 0.05) is 5.39 Å². The summed E-state index contributed by atoms with van der Waals surface area (Å²) in [6.07, 6.45) is 0.835. The molecule has 0 fully saturated rings. The van der Waals surface area contributed by atoms with Crippen molar-refractivity contribution in [3.05, 3.63) is 34.0 Å². The van der Waals surface area contributed by atoms with E-state index in [-0.39, 0.29) is 17.1 Å². The van der Waals surface area contributed by atoms with Gasteiger partial charge in [-0.3, -0.25) is 4.79 Å². The van der Waals surface area contributed by atoms with Crippen LogP contribution in [-0.2, 0) is 6.42 Å². The lowest BCUT2D eigenvalue weighted by Crippen LogP contribution is -1.99. The number of aromatic amines is 1. The number of rotatable bonds is 2. The van der Waals surface area contributed by atoms with Crippen LogP contribution in [0.25, 0.3) is 10.9 Å². The SMILES string of the molecule is CCc1cccc2c(O)c(C(C)=O)c(=S)[nH]c12. The van der Waals surface area contributed by atoms with E-state index in [9.17, 15) is 9.90 Å². The Hall–Kier alpha value is -1.68. The molecule has 1 aromatic heterocycles. The van der Waals surface area contributed by atoms with E-state index in [0.717, 1.165) is 17.5 Å². The molecule has 88 valence electrons. The number of Topliss-reactive ketones (excluding diaryl/α,β-unsaturated/α-hetero) is 1. The second-order valence-electron chi connectivity index (χ2n) is 3.93. The van der Waals surface area contributed by atoms with Crippen LogP contribution in [0.4, 0.5) is 0 Å². The number of aromatic hydroxyl groups is 1. The molecular weight excluding hydrogens is 234 g/mol. The molecule has 0 aliphatic carbocycles. The highest BCUT2D eigenvalue weighted by Gasteiger charge is 2.14. The van der Waals surface area contributed by atoms with E-state index >= 15 is 0 Å². The Kier molecular flexibility index (Phi) is 2.98. The van der Waals surface area contributed by atoms with Crippen molar-refractivity contribution in [2.45, 2.75) is 20.3 Å². The molecule has 1 aromatic carbocycles. The highest BCUT2D eigenvalue weighted by atomic mass is 32.1. The van der Waals surface area contributed by atoms with E-state index in [1.807, 2.05) is 19.1 Å². The van der Waals surface area contributed by atoms with Gasteiger partial charge >= 0.3 is 0 Å². The second-order valence-corrected chi connectivity index (χ2v) is 4.34. The molecular formula is C13H13NO2S. The van der Waals surface area contributed by atoms with Gasteiger partial charge in [0.05, 0.1) is 11.1 Å². The van der Waals surface area contributed by atoms with E-state index in [1.165, 1.54) is 6.92 Å². The molecule has 0 bridgehead atoms. The molecule has 0 aliphatic heterocycles. The summed E-state index contributed by atoms with van der Waals surface area (Å²) in [5, 5.41) is 10.8. The summed E-state index contributed by atoms with van der Waals surface area (Å²) in [6, 6.07) is 5.61. The number of hydrogen-bond acceptors (Lipinski definition) is 3. The minimum Gasteiger partial charge on any atom is -0.506 e. The number of pyridine rings is 1.